The average molecular weight is 414 g/mol. The molecule has 0 fully saturated rings. The van der Waals surface area contributed by atoms with Crippen molar-refractivity contribution in [2.75, 3.05) is 41.0 Å². The minimum Gasteiger partial charge on any atom is -0.475 e. The quantitative estimate of drug-likeness (QED) is 0.352. The molecule has 1 aromatic heterocycles. The first kappa shape index (κ1) is 23.2. The van der Waals surface area contributed by atoms with Crippen LogP contribution in [0.4, 0.5) is 0 Å². The van der Waals surface area contributed by atoms with Crippen LogP contribution in [0.1, 0.15) is 28.4 Å². The van der Waals surface area contributed by atoms with Gasteiger partial charge in [-0.1, -0.05) is 18.2 Å². The van der Waals surface area contributed by atoms with Crippen molar-refractivity contribution < 1.29 is 14.3 Å². The monoisotopic (exact) mass is 413 g/mol. The van der Waals surface area contributed by atoms with E-state index in [4.69, 9.17) is 9.47 Å². The van der Waals surface area contributed by atoms with E-state index in [0.717, 1.165) is 17.7 Å². The van der Waals surface area contributed by atoms with E-state index in [0.29, 0.717) is 43.7 Å². The van der Waals surface area contributed by atoms with E-state index in [1.807, 2.05) is 43.3 Å². The molecule has 2 N–H and O–H groups in total. The SMILES string of the molecule is CCNC(=NCc1ccc(C(=O)N(C)C)cc1)NCc1cccnc1OCCOC. The topological polar surface area (TPSA) is 88.1 Å². The Kier molecular flexibility index (Phi) is 9.60. The molecule has 0 unspecified atom stereocenters. The van der Waals surface area contributed by atoms with Crippen molar-refractivity contribution in [3.05, 3.63) is 59.3 Å². The smallest absolute Gasteiger partial charge is 0.253 e. The molecule has 0 bridgehead atoms. The van der Waals surface area contributed by atoms with Gasteiger partial charge in [0.2, 0.25) is 5.88 Å². The fourth-order valence-corrected chi connectivity index (χ4v) is 2.61. The summed E-state index contributed by atoms with van der Waals surface area (Å²) in [6.45, 7) is 4.73. The van der Waals surface area contributed by atoms with Gasteiger partial charge in [-0.15, -0.1) is 0 Å². The minimum absolute atomic E-state index is 0.0138. The fraction of sp³-hybridized carbons (Fsp3) is 0.409. The molecule has 1 heterocycles. The molecule has 1 aromatic carbocycles. The molecule has 0 atom stereocenters. The second-order valence-electron chi connectivity index (χ2n) is 6.75. The normalized spacial score (nSPS) is 11.1. The summed E-state index contributed by atoms with van der Waals surface area (Å²) in [5.74, 6) is 1.26. The van der Waals surface area contributed by atoms with Crippen LogP contribution < -0.4 is 15.4 Å². The lowest BCUT2D eigenvalue weighted by Crippen LogP contribution is -2.37. The number of amides is 1. The van der Waals surface area contributed by atoms with Gasteiger partial charge in [-0.05, 0) is 30.7 Å². The lowest BCUT2D eigenvalue weighted by atomic mass is 10.1. The van der Waals surface area contributed by atoms with Crippen molar-refractivity contribution in [2.24, 2.45) is 4.99 Å². The summed E-state index contributed by atoms with van der Waals surface area (Å²) in [5.41, 5.74) is 2.62. The number of aliphatic imine (C=N–C) groups is 1. The molecular formula is C22H31N5O3. The maximum atomic E-state index is 12.0. The van der Waals surface area contributed by atoms with Crippen LogP contribution in [0.2, 0.25) is 0 Å². The first-order valence-corrected chi connectivity index (χ1v) is 9.93. The number of rotatable bonds is 10. The molecule has 2 rings (SSSR count). The number of aromatic nitrogens is 1. The fourth-order valence-electron chi connectivity index (χ4n) is 2.61. The highest BCUT2D eigenvalue weighted by molar-refractivity contribution is 5.93. The summed E-state index contributed by atoms with van der Waals surface area (Å²) < 4.78 is 10.7. The number of carbonyl (C=O) groups is 1. The van der Waals surface area contributed by atoms with Crippen molar-refractivity contribution in [1.29, 1.82) is 0 Å². The van der Waals surface area contributed by atoms with E-state index < -0.39 is 0 Å². The molecule has 8 nitrogen and oxygen atoms in total. The predicted molar refractivity (Wildman–Crippen MR) is 118 cm³/mol. The summed E-state index contributed by atoms with van der Waals surface area (Å²) >= 11 is 0. The van der Waals surface area contributed by atoms with Gasteiger partial charge in [0.25, 0.3) is 5.91 Å². The Morgan fingerprint density at radius 2 is 1.90 bits per heavy atom. The highest BCUT2D eigenvalue weighted by Gasteiger charge is 2.08. The van der Waals surface area contributed by atoms with E-state index in [9.17, 15) is 4.79 Å². The van der Waals surface area contributed by atoms with Crippen LogP contribution in [-0.2, 0) is 17.8 Å². The van der Waals surface area contributed by atoms with Crippen LogP contribution in [0, 0.1) is 0 Å². The molecule has 0 aliphatic heterocycles. The third-order valence-electron chi connectivity index (χ3n) is 4.19. The Hall–Kier alpha value is -3.13. The second-order valence-corrected chi connectivity index (χ2v) is 6.75. The molecule has 0 aliphatic rings. The summed E-state index contributed by atoms with van der Waals surface area (Å²) in [4.78, 5) is 22.5. The first-order chi connectivity index (χ1) is 14.5. The lowest BCUT2D eigenvalue weighted by molar-refractivity contribution is 0.0827. The number of ether oxygens (including phenoxy) is 2. The summed E-state index contributed by atoms with van der Waals surface area (Å²) in [7, 11) is 5.12. The zero-order valence-corrected chi connectivity index (χ0v) is 18.1. The van der Waals surface area contributed by atoms with Crippen molar-refractivity contribution in [3.63, 3.8) is 0 Å². The molecular weight excluding hydrogens is 382 g/mol. The average Bonchev–Trinajstić information content (AvgIpc) is 2.76. The lowest BCUT2D eigenvalue weighted by Gasteiger charge is -2.14. The molecule has 162 valence electrons. The summed E-state index contributed by atoms with van der Waals surface area (Å²) in [5, 5.41) is 6.55. The second kappa shape index (κ2) is 12.4. The molecule has 0 saturated carbocycles. The van der Waals surface area contributed by atoms with Gasteiger partial charge < -0.3 is 25.0 Å². The Morgan fingerprint density at radius 3 is 2.57 bits per heavy atom. The third-order valence-corrected chi connectivity index (χ3v) is 4.19. The molecule has 0 aliphatic carbocycles. The van der Waals surface area contributed by atoms with Gasteiger partial charge in [0.1, 0.15) is 6.61 Å². The summed E-state index contributed by atoms with van der Waals surface area (Å²) in [6.07, 6.45) is 1.70. The van der Waals surface area contributed by atoms with Gasteiger partial charge in [-0.25, -0.2) is 9.98 Å². The number of nitrogens with one attached hydrogen (secondary N) is 2. The number of benzene rings is 1. The molecule has 1 amide bonds. The Bertz CT molecular complexity index is 822. The van der Waals surface area contributed by atoms with Crippen LogP contribution in [0.5, 0.6) is 5.88 Å². The number of nitrogens with zero attached hydrogens (tertiary/aromatic N) is 3. The summed E-state index contributed by atoms with van der Waals surface area (Å²) in [6, 6.07) is 11.3. The number of hydrogen-bond donors (Lipinski definition) is 2. The van der Waals surface area contributed by atoms with E-state index in [1.165, 1.54) is 0 Å². The van der Waals surface area contributed by atoms with Crippen LogP contribution in [0.25, 0.3) is 0 Å². The van der Waals surface area contributed by atoms with E-state index in [1.54, 1.807) is 32.3 Å². The van der Waals surface area contributed by atoms with E-state index in [-0.39, 0.29) is 5.91 Å². The zero-order valence-electron chi connectivity index (χ0n) is 18.1. The number of pyridine rings is 1. The standard InChI is InChI=1S/C22H31N5O3/c1-5-23-22(25-15-17-8-10-18(11-9-17)21(28)27(2)3)26-16-19-7-6-12-24-20(19)30-14-13-29-4/h6-12H,5,13-16H2,1-4H3,(H2,23,25,26). The zero-order chi connectivity index (χ0) is 21.8. The van der Waals surface area contributed by atoms with Gasteiger partial charge in [0.05, 0.1) is 13.2 Å². The van der Waals surface area contributed by atoms with Gasteiger partial charge in [-0.2, -0.15) is 0 Å². The third kappa shape index (κ3) is 7.36. The van der Waals surface area contributed by atoms with Crippen LogP contribution in [-0.4, -0.2) is 62.7 Å². The molecule has 0 saturated heterocycles. The highest BCUT2D eigenvalue weighted by Crippen LogP contribution is 2.14. The molecule has 0 radical (unpaired) electrons. The number of carbonyl (C=O) groups excluding carboxylic acids is 1. The van der Waals surface area contributed by atoms with Gasteiger partial charge in [0.15, 0.2) is 5.96 Å². The first-order valence-electron chi connectivity index (χ1n) is 9.93. The van der Waals surface area contributed by atoms with Crippen LogP contribution >= 0.6 is 0 Å². The van der Waals surface area contributed by atoms with Crippen molar-refractivity contribution in [3.8, 4) is 5.88 Å². The van der Waals surface area contributed by atoms with Gasteiger partial charge >= 0.3 is 0 Å². The van der Waals surface area contributed by atoms with Gasteiger partial charge in [0, 0.05) is 51.6 Å². The number of hydrogen-bond acceptors (Lipinski definition) is 5. The Morgan fingerprint density at radius 1 is 1.13 bits per heavy atom. The maximum Gasteiger partial charge on any atom is 0.253 e. The predicted octanol–water partition coefficient (Wildman–Crippen LogP) is 2.06. The molecule has 30 heavy (non-hydrogen) atoms. The minimum atomic E-state index is -0.0138. The molecule has 8 heteroatoms. The van der Waals surface area contributed by atoms with Crippen molar-refractivity contribution >= 4 is 11.9 Å². The Balaban J connectivity index is 1.99. The number of methoxy groups -OCH3 is 1. The molecule has 0 spiro atoms. The highest BCUT2D eigenvalue weighted by atomic mass is 16.5. The van der Waals surface area contributed by atoms with Crippen LogP contribution in [0.15, 0.2) is 47.6 Å². The molecule has 2 aromatic rings. The Labute approximate surface area is 178 Å². The van der Waals surface area contributed by atoms with E-state index >= 15 is 0 Å². The van der Waals surface area contributed by atoms with E-state index in [2.05, 4.69) is 20.6 Å². The van der Waals surface area contributed by atoms with Crippen molar-refractivity contribution in [1.82, 2.24) is 20.5 Å². The largest absolute Gasteiger partial charge is 0.475 e. The van der Waals surface area contributed by atoms with Gasteiger partial charge in [-0.3, -0.25) is 4.79 Å². The maximum absolute atomic E-state index is 12.0. The number of guanidine groups is 1. The van der Waals surface area contributed by atoms with Crippen molar-refractivity contribution in [2.45, 2.75) is 20.0 Å². The van der Waals surface area contributed by atoms with Crippen LogP contribution in [0.3, 0.4) is 0 Å².